The molecule has 6 heteroatoms. The maximum absolute atomic E-state index is 13.8. The highest BCUT2D eigenvalue weighted by atomic mass is 79.9. The SMILES string of the molecule is COc1cc([C@H]2Nc3ccc(F)cc3[C@H]3OCCC[C@@H]23)cc(Br)c1OC. The third-order valence-electron chi connectivity index (χ3n) is 5.24. The summed E-state index contributed by atoms with van der Waals surface area (Å²) in [5.41, 5.74) is 2.92. The molecule has 1 fully saturated rings. The monoisotopic (exact) mass is 421 g/mol. The third-order valence-corrected chi connectivity index (χ3v) is 5.83. The highest BCUT2D eigenvalue weighted by molar-refractivity contribution is 9.10. The molecule has 0 unspecified atom stereocenters. The van der Waals surface area contributed by atoms with Crippen molar-refractivity contribution in [2.45, 2.75) is 25.0 Å². The number of nitrogens with one attached hydrogen (secondary N) is 1. The lowest BCUT2D eigenvalue weighted by Crippen LogP contribution is -2.36. The average molecular weight is 422 g/mol. The minimum absolute atomic E-state index is 0.0503. The van der Waals surface area contributed by atoms with Gasteiger partial charge in [0, 0.05) is 23.8 Å². The van der Waals surface area contributed by atoms with Crippen molar-refractivity contribution in [1.82, 2.24) is 0 Å². The summed E-state index contributed by atoms with van der Waals surface area (Å²) in [5.74, 6) is 1.34. The number of hydrogen-bond donors (Lipinski definition) is 1. The Bertz CT molecular complexity index is 829. The normalized spacial score (nSPS) is 24.2. The predicted molar refractivity (Wildman–Crippen MR) is 101 cm³/mol. The van der Waals surface area contributed by atoms with Crippen LogP contribution < -0.4 is 14.8 Å². The lowest BCUT2D eigenvalue weighted by molar-refractivity contribution is -0.0383. The molecule has 1 saturated heterocycles. The van der Waals surface area contributed by atoms with Crippen molar-refractivity contribution in [2.75, 3.05) is 26.1 Å². The van der Waals surface area contributed by atoms with E-state index in [4.69, 9.17) is 14.2 Å². The molecular formula is C20H21BrFNO3. The molecule has 138 valence electrons. The van der Waals surface area contributed by atoms with Crippen LogP contribution >= 0.6 is 15.9 Å². The van der Waals surface area contributed by atoms with Gasteiger partial charge in [-0.2, -0.15) is 0 Å². The number of benzene rings is 2. The Labute approximate surface area is 160 Å². The van der Waals surface area contributed by atoms with Crippen molar-refractivity contribution < 1.29 is 18.6 Å². The highest BCUT2D eigenvalue weighted by Gasteiger charge is 2.40. The Morgan fingerprint density at radius 2 is 2.04 bits per heavy atom. The molecule has 3 atom stereocenters. The highest BCUT2D eigenvalue weighted by Crippen LogP contribution is 2.50. The van der Waals surface area contributed by atoms with Crippen LogP contribution in [0.3, 0.4) is 0 Å². The molecule has 0 saturated carbocycles. The third kappa shape index (κ3) is 2.95. The van der Waals surface area contributed by atoms with Gasteiger partial charge in [0.05, 0.1) is 30.8 Å². The van der Waals surface area contributed by atoms with Gasteiger partial charge in [-0.15, -0.1) is 0 Å². The van der Waals surface area contributed by atoms with Gasteiger partial charge in [-0.3, -0.25) is 0 Å². The van der Waals surface area contributed by atoms with Crippen molar-refractivity contribution in [3.63, 3.8) is 0 Å². The van der Waals surface area contributed by atoms with Gasteiger partial charge in [-0.25, -0.2) is 4.39 Å². The second-order valence-corrected chi connectivity index (χ2v) is 7.54. The van der Waals surface area contributed by atoms with E-state index in [9.17, 15) is 4.39 Å². The number of halogens is 2. The van der Waals surface area contributed by atoms with Gasteiger partial charge in [0.25, 0.3) is 0 Å². The van der Waals surface area contributed by atoms with Crippen molar-refractivity contribution in [3.05, 3.63) is 51.7 Å². The molecule has 4 nitrogen and oxygen atoms in total. The summed E-state index contributed by atoms with van der Waals surface area (Å²) >= 11 is 3.58. The number of rotatable bonds is 3. The van der Waals surface area contributed by atoms with E-state index in [1.54, 1.807) is 26.4 Å². The average Bonchev–Trinajstić information content (AvgIpc) is 2.66. The summed E-state index contributed by atoms with van der Waals surface area (Å²) in [6, 6.07) is 8.97. The van der Waals surface area contributed by atoms with Gasteiger partial charge in [-0.05, 0) is 64.7 Å². The Hall–Kier alpha value is -1.79. The van der Waals surface area contributed by atoms with E-state index in [-0.39, 0.29) is 23.9 Å². The second kappa shape index (κ2) is 7.08. The minimum atomic E-state index is -0.231. The van der Waals surface area contributed by atoms with Crippen LogP contribution in [-0.4, -0.2) is 20.8 Å². The summed E-state index contributed by atoms with van der Waals surface area (Å²) in [4.78, 5) is 0. The quantitative estimate of drug-likeness (QED) is 0.735. The lowest BCUT2D eigenvalue weighted by Gasteiger charge is -2.43. The van der Waals surface area contributed by atoms with Crippen molar-refractivity contribution >= 4 is 21.6 Å². The molecule has 2 aliphatic rings. The zero-order valence-electron chi connectivity index (χ0n) is 14.7. The predicted octanol–water partition coefficient (Wildman–Crippen LogP) is 5.24. The zero-order valence-corrected chi connectivity index (χ0v) is 16.3. The number of anilines is 1. The van der Waals surface area contributed by atoms with Crippen molar-refractivity contribution in [1.29, 1.82) is 0 Å². The Morgan fingerprint density at radius 3 is 2.81 bits per heavy atom. The molecule has 0 amide bonds. The second-order valence-electron chi connectivity index (χ2n) is 6.69. The number of hydrogen-bond acceptors (Lipinski definition) is 4. The molecule has 2 aromatic rings. The molecule has 2 aliphatic heterocycles. The van der Waals surface area contributed by atoms with Crippen LogP contribution in [0.2, 0.25) is 0 Å². The Kier molecular flexibility index (Phi) is 4.80. The summed E-state index contributed by atoms with van der Waals surface area (Å²) in [7, 11) is 3.25. The van der Waals surface area contributed by atoms with Crippen LogP contribution in [0, 0.1) is 11.7 Å². The lowest BCUT2D eigenvalue weighted by atomic mass is 9.77. The van der Waals surface area contributed by atoms with E-state index in [0.29, 0.717) is 18.1 Å². The zero-order chi connectivity index (χ0) is 18.3. The van der Waals surface area contributed by atoms with Gasteiger partial charge < -0.3 is 19.5 Å². The van der Waals surface area contributed by atoms with Gasteiger partial charge in [0.1, 0.15) is 5.82 Å². The largest absolute Gasteiger partial charge is 0.493 e. The van der Waals surface area contributed by atoms with Gasteiger partial charge >= 0.3 is 0 Å². The standard InChI is InChI=1S/C20H21BrFNO3/c1-24-17-9-11(8-15(21)20(17)25-2)18-13-4-3-7-26-19(13)14-10-12(22)5-6-16(14)23-18/h5-6,8-10,13,18-19,23H,3-4,7H2,1-2H3/t13-,18+,19-/m0/s1. The fraction of sp³-hybridized carbons (Fsp3) is 0.400. The van der Waals surface area contributed by atoms with E-state index in [0.717, 1.165) is 34.1 Å². The molecule has 26 heavy (non-hydrogen) atoms. The minimum Gasteiger partial charge on any atom is -0.493 e. The first-order chi connectivity index (χ1) is 12.6. The molecule has 0 aliphatic carbocycles. The van der Waals surface area contributed by atoms with E-state index in [1.165, 1.54) is 6.07 Å². The van der Waals surface area contributed by atoms with Crippen LogP contribution in [0.4, 0.5) is 10.1 Å². The van der Waals surface area contributed by atoms with E-state index < -0.39 is 0 Å². The molecule has 0 radical (unpaired) electrons. The molecule has 1 N–H and O–H groups in total. The van der Waals surface area contributed by atoms with E-state index in [2.05, 4.69) is 27.3 Å². The van der Waals surface area contributed by atoms with Gasteiger partial charge in [-0.1, -0.05) is 0 Å². The van der Waals surface area contributed by atoms with Crippen LogP contribution in [-0.2, 0) is 4.74 Å². The maximum Gasteiger partial charge on any atom is 0.174 e. The summed E-state index contributed by atoms with van der Waals surface area (Å²) in [6.45, 7) is 0.708. The van der Waals surface area contributed by atoms with E-state index in [1.807, 2.05) is 6.07 Å². The molecule has 2 heterocycles. The topological polar surface area (TPSA) is 39.7 Å². The summed E-state index contributed by atoms with van der Waals surface area (Å²) < 4.78 is 31.6. The first-order valence-electron chi connectivity index (χ1n) is 8.71. The number of methoxy groups -OCH3 is 2. The fourth-order valence-electron chi connectivity index (χ4n) is 4.09. The Morgan fingerprint density at radius 1 is 1.19 bits per heavy atom. The summed E-state index contributed by atoms with van der Waals surface area (Å²) in [5, 5.41) is 3.59. The first-order valence-corrected chi connectivity index (χ1v) is 9.50. The number of ether oxygens (including phenoxy) is 3. The van der Waals surface area contributed by atoms with Crippen LogP contribution in [0.25, 0.3) is 0 Å². The first kappa shape index (κ1) is 17.6. The molecular weight excluding hydrogens is 401 g/mol. The molecule has 2 aromatic carbocycles. The summed E-state index contributed by atoms with van der Waals surface area (Å²) in [6.07, 6.45) is 1.91. The van der Waals surface area contributed by atoms with E-state index >= 15 is 0 Å². The smallest absolute Gasteiger partial charge is 0.174 e. The maximum atomic E-state index is 13.8. The number of fused-ring (bicyclic) bond motifs is 3. The molecule has 4 rings (SSSR count). The molecule has 0 spiro atoms. The van der Waals surface area contributed by atoms with Crippen LogP contribution in [0.1, 0.15) is 36.1 Å². The van der Waals surface area contributed by atoms with Gasteiger partial charge in [0.2, 0.25) is 0 Å². The van der Waals surface area contributed by atoms with Crippen LogP contribution in [0.15, 0.2) is 34.8 Å². The van der Waals surface area contributed by atoms with Crippen molar-refractivity contribution in [2.24, 2.45) is 5.92 Å². The fourth-order valence-corrected chi connectivity index (χ4v) is 4.71. The molecule has 0 aromatic heterocycles. The van der Waals surface area contributed by atoms with Gasteiger partial charge in [0.15, 0.2) is 11.5 Å². The Balaban J connectivity index is 1.79. The molecule has 0 bridgehead atoms. The van der Waals surface area contributed by atoms with Crippen molar-refractivity contribution in [3.8, 4) is 11.5 Å². The van der Waals surface area contributed by atoms with Crippen LogP contribution in [0.5, 0.6) is 11.5 Å².